The fraction of sp³-hybridized carbons (Fsp3) is 0.571. The minimum atomic E-state index is -0.733. The van der Waals surface area contributed by atoms with E-state index in [1.54, 1.807) is 0 Å². The first-order chi connectivity index (χ1) is 9.15. The summed E-state index contributed by atoms with van der Waals surface area (Å²) < 4.78 is 31.8. The summed E-state index contributed by atoms with van der Waals surface area (Å²) >= 11 is 0. The van der Waals surface area contributed by atoms with E-state index in [9.17, 15) is 13.9 Å². The molecule has 1 atom stereocenters. The molecule has 0 radical (unpaired) electrons. The van der Waals surface area contributed by atoms with Gasteiger partial charge in [-0.1, -0.05) is 12.8 Å². The molecule has 5 heteroatoms. The molecule has 1 aromatic carbocycles. The van der Waals surface area contributed by atoms with E-state index >= 15 is 0 Å². The van der Waals surface area contributed by atoms with Gasteiger partial charge in [0.1, 0.15) is 11.6 Å². The zero-order valence-electron chi connectivity index (χ0n) is 10.7. The van der Waals surface area contributed by atoms with Crippen molar-refractivity contribution in [1.82, 2.24) is 0 Å². The van der Waals surface area contributed by atoms with Gasteiger partial charge in [-0.2, -0.15) is 0 Å². The molecule has 1 aromatic rings. The van der Waals surface area contributed by atoms with E-state index in [0.29, 0.717) is 0 Å². The molecule has 0 bridgehead atoms. The van der Waals surface area contributed by atoms with Gasteiger partial charge in [-0.15, -0.1) is 0 Å². The number of benzene rings is 1. The van der Waals surface area contributed by atoms with Crippen molar-refractivity contribution in [3.63, 3.8) is 0 Å². The summed E-state index contributed by atoms with van der Waals surface area (Å²) in [7, 11) is 0. The normalized spacial score (nSPS) is 17.6. The lowest BCUT2D eigenvalue weighted by atomic mass is 10.2. The Labute approximate surface area is 111 Å². The number of halogens is 2. The minimum absolute atomic E-state index is 0.0555. The van der Waals surface area contributed by atoms with Crippen LogP contribution in [0.3, 0.4) is 0 Å². The molecule has 0 aliphatic heterocycles. The van der Waals surface area contributed by atoms with Crippen LogP contribution < -0.4 is 5.32 Å². The predicted molar refractivity (Wildman–Crippen MR) is 69.1 cm³/mol. The van der Waals surface area contributed by atoms with Crippen LogP contribution in [0.25, 0.3) is 0 Å². The predicted octanol–water partition coefficient (Wildman–Crippen LogP) is 2.70. The van der Waals surface area contributed by atoms with Crippen molar-refractivity contribution < 1.29 is 18.6 Å². The third-order valence-electron chi connectivity index (χ3n) is 3.28. The van der Waals surface area contributed by atoms with Crippen LogP contribution in [0.4, 0.5) is 14.5 Å². The topological polar surface area (TPSA) is 41.5 Å². The number of anilines is 1. The molecule has 106 valence electrons. The molecular weight excluding hydrogens is 252 g/mol. The summed E-state index contributed by atoms with van der Waals surface area (Å²) in [6.07, 6.45) is 3.93. The molecule has 0 aromatic heterocycles. The molecule has 1 fully saturated rings. The van der Waals surface area contributed by atoms with Gasteiger partial charge >= 0.3 is 0 Å². The quantitative estimate of drug-likeness (QED) is 0.836. The lowest BCUT2D eigenvalue weighted by Crippen LogP contribution is -2.27. The highest BCUT2D eigenvalue weighted by atomic mass is 19.1. The maximum absolute atomic E-state index is 13.3. The molecule has 1 saturated carbocycles. The Morgan fingerprint density at radius 1 is 1.32 bits per heavy atom. The zero-order chi connectivity index (χ0) is 13.7. The average molecular weight is 271 g/mol. The van der Waals surface area contributed by atoms with Gasteiger partial charge in [0, 0.05) is 6.54 Å². The average Bonchev–Trinajstić information content (AvgIpc) is 2.90. The van der Waals surface area contributed by atoms with Crippen molar-refractivity contribution in [2.45, 2.75) is 37.9 Å². The number of hydrogen-bond donors (Lipinski definition) is 2. The highest BCUT2D eigenvalue weighted by Crippen LogP contribution is 2.21. The fourth-order valence-corrected chi connectivity index (χ4v) is 2.22. The molecular formula is C14H19F2NO2. The molecule has 2 rings (SSSR count). The number of aliphatic hydroxyl groups is 1. The Morgan fingerprint density at radius 2 is 2.05 bits per heavy atom. The first kappa shape index (κ1) is 14.2. The van der Waals surface area contributed by atoms with Crippen LogP contribution in [-0.4, -0.2) is 30.5 Å². The molecule has 3 nitrogen and oxygen atoms in total. The highest BCUT2D eigenvalue weighted by Gasteiger charge is 2.17. The van der Waals surface area contributed by atoms with E-state index in [4.69, 9.17) is 4.74 Å². The largest absolute Gasteiger partial charge is 0.389 e. The molecule has 1 unspecified atom stereocenters. The van der Waals surface area contributed by atoms with Gasteiger partial charge < -0.3 is 15.2 Å². The summed E-state index contributed by atoms with van der Waals surface area (Å²) in [5.74, 6) is -1.05. The minimum Gasteiger partial charge on any atom is -0.389 e. The fourth-order valence-electron chi connectivity index (χ4n) is 2.22. The van der Waals surface area contributed by atoms with Gasteiger partial charge in [0.25, 0.3) is 0 Å². The van der Waals surface area contributed by atoms with Gasteiger partial charge in [0.2, 0.25) is 0 Å². The second kappa shape index (κ2) is 6.82. The highest BCUT2D eigenvalue weighted by molar-refractivity contribution is 5.44. The van der Waals surface area contributed by atoms with E-state index < -0.39 is 17.7 Å². The smallest absolute Gasteiger partial charge is 0.146 e. The molecule has 0 saturated heterocycles. The number of aliphatic hydroxyl groups excluding tert-OH is 1. The summed E-state index contributed by atoms with van der Waals surface area (Å²) in [6, 6.07) is 3.18. The molecule has 1 aliphatic rings. The summed E-state index contributed by atoms with van der Waals surface area (Å²) in [5.41, 5.74) is 0.0555. The molecule has 2 N–H and O–H groups in total. The van der Waals surface area contributed by atoms with Gasteiger partial charge in [0.15, 0.2) is 0 Å². The van der Waals surface area contributed by atoms with E-state index in [1.165, 1.54) is 12.8 Å². The molecule has 0 amide bonds. The molecule has 19 heavy (non-hydrogen) atoms. The number of hydrogen-bond acceptors (Lipinski definition) is 3. The third kappa shape index (κ3) is 4.44. The molecule has 0 heterocycles. The van der Waals surface area contributed by atoms with Crippen molar-refractivity contribution in [2.75, 3.05) is 18.5 Å². The first-order valence-electron chi connectivity index (χ1n) is 6.64. The zero-order valence-corrected chi connectivity index (χ0v) is 10.7. The van der Waals surface area contributed by atoms with E-state index in [1.807, 2.05) is 0 Å². The lowest BCUT2D eigenvalue weighted by molar-refractivity contribution is -0.00119. The van der Waals surface area contributed by atoms with Crippen molar-refractivity contribution in [2.24, 2.45) is 0 Å². The number of ether oxygens (including phenoxy) is 1. The SMILES string of the molecule is OC(CNc1cc(F)ccc1F)COC1CCCC1. The first-order valence-corrected chi connectivity index (χ1v) is 6.64. The van der Waals surface area contributed by atoms with E-state index in [-0.39, 0.29) is 24.9 Å². The van der Waals surface area contributed by atoms with Crippen molar-refractivity contribution in [3.05, 3.63) is 29.8 Å². The number of nitrogens with one attached hydrogen (secondary N) is 1. The monoisotopic (exact) mass is 271 g/mol. The maximum atomic E-state index is 13.3. The molecule has 1 aliphatic carbocycles. The second-order valence-electron chi connectivity index (χ2n) is 4.90. The van der Waals surface area contributed by atoms with Crippen LogP contribution in [0.15, 0.2) is 18.2 Å². The molecule has 0 spiro atoms. The van der Waals surface area contributed by atoms with Crippen LogP contribution in [0.5, 0.6) is 0 Å². The van der Waals surface area contributed by atoms with Crippen LogP contribution in [-0.2, 0) is 4.74 Å². The number of rotatable bonds is 6. The van der Waals surface area contributed by atoms with Gasteiger partial charge in [-0.3, -0.25) is 0 Å². The Hall–Kier alpha value is -1.20. The van der Waals surface area contributed by atoms with Crippen molar-refractivity contribution in [3.8, 4) is 0 Å². The van der Waals surface area contributed by atoms with Gasteiger partial charge in [-0.05, 0) is 31.0 Å². The summed E-state index contributed by atoms with van der Waals surface area (Å²) in [4.78, 5) is 0. The Bertz CT molecular complexity index is 408. The van der Waals surface area contributed by atoms with E-state index in [0.717, 1.165) is 31.0 Å². The van der Waals surface area contributed by atoms with Crippen LogP contribution in [0.1, 0.15) is 25.7 Å². The van der Waals surface area contributed by atoms with E-state index in [2.05, 4.69) is 5.32 Å². The summed E-state index contributed by atoms with van der Waals surface area (Å²) in [5, 5.41) is 12.4. The third-order valence-corrected chi connectivity index (χ3v) is 3.28. The van der Waals surface area contributed by atoms with Gasteiger partial charge in [0.05, 0.1) is 24.5 Å². The Balaban J connectivity index is 1.73. The standard InChI is InChI=1S/C14H19F2NO2/c15-10-5-6-13(16)14(7-10)17-8-11(18)9-19-12-3-1-2-4-12/h5-7,11-12,17-18H,1-4,8-9H2. The lowest BCUT2D eigenvalue weighted by Gasteiger charge is -2.16. The summed E-state index contributed by atoms with van der Waals surface area (Å²) in [6.45, 7) is 0.349. The maximum Gasteiger partial charge on any atom is 0.146 e. The Morgan fingerprint density at radius 3 is 2.79 bits per heavy atom. The van der Waals surface area contributed by atoms with Gasteiger partial charge in [-0.25, -0.2) is 8.78 Å². The second-order valence-corrected chi connectivity index (χ2v) is 4.90. The van der Waals surface area contributed by atoms with Crippen LogP contribution in [0.2, 0.25) is 0 Å². The van der Waals surface area contributed by atoms with Crippen LogP contribution in [0, 0.1) is 11.6 Å². The van der Waals surface area contributed by atoms with Crippen molar-refractivity contribution >= 4 is 5.69 Å². The van der Waals surface area contributed by atoms with Crippen molar-refractivity contribution in [1.29, 1.82) is 0 Å². The Kier molecular flexibility index (Phi) is 5.10. The van der Waals surface area contributed by atoms with Crippen LogP contribution >= 0.6 is 0 Å².